The lowest BCUT2D eigenvalue weighted by Crippen LogP contribution is -2.19. The monoisotopic (exact) mass is 329 g/mol. The van der Waals surface area contributed by atoms with Gasteiger partial charge in [-0.15, -0.1) is 0 Å². The fourth-order valence-corrected chi connectivity index (χ4v) is 2.29. The summed E-state index contributed by atoms with van der Waals surface area (Å²) in [6.45, 7) is 0. The molecule has 0 spiro atoms. The first-order valence-corrected chi connectivity index (χ1v) is 6.71. The van der Waals surface area contributed by atoms with E-state index in [9.17, 15) is 20.3 Å². The number of hydrogen-bond acceptors (Lipinski definition) is 5. The Morgan fingerprint density at radius 3 is 2.84 bits per heavy atom. The molecule has 2 rings (SSSR count). The fraction of sp³-hybridized carbons (Fsp3) is 0.364. The average molecular weight is 330 g/mol. The normalized spacial score (nSPS) is 14.5. The van der Waals surface area contributed by atoms with Crippen LogP contribution in [-0.2, 0) is 0 Å². The second kappa shape index (κ2) is 5.64. The molecule has 2 atom stereocenters. The number of nitrogens with zero attached hydrogens (tertiary/aromatic N) is 2. The van der Waals surface area contributed by atoms with E-state index in [1.807, 2.05) is 0 Å². The zero-order valence-corrected chi connectivity index (χ0v) is 11.4. The van der Waals surface area contributed by atoms with Gasteiger partial charge in [0.15, 0.2) is 0 Å². The standard InChI is InChI=1S/C11H12BrN3O4/c12-4-3-9(16)11(17)10-7-2-1-6(15(18)19)5-8(7)13-14-10/h1-2,5,9,11,16-17H,3-4H2,(H,13,14). The minimum atomic E-state index is -1.11. The molecule has 0 saturated carbocycles. The van der Waals surface area contributed by atoms with E-state index in [4.69, 9.17) is 0 Å². The topological polar surface area (TPSA) is 112 Å². The van der Waals surface area contributed by atoms with Gasteiger partial charge in [0.2, 0.25) is 0 Å². The van der Waals surface area contributed by atoms with Gasteiger partial charge in [-0.2, -0.15) is 5.10 Å². The number of aromatic nitrogens is 2. The highest BCUT2D eigenvalue weighted by atomic mass is 79.9. The average Bonchev–Trinajstić information content (AvgIpc) is 2.80. The molecule has 2 aromatic rings. The molecular weight excluding hydrogens is 318 g/mol. The summed E-state index contributed by atoms with van der Waals surface area (Å²) >= 11 is 3.18. The molecule has 3 N–H and O–H groups in total. The number of alkyl halides is 1. The summed E-state index contributed by atoms with van der Waals surface area (Å²) in [5.41, 5.74) is 0.675. The Kier molecular flexibility index (Phi) is 4.13. The predicted molar refractivity (Wildman–Crippen MR) is 72.1 cm³/mol. The summed E-state index contributed by atoms with van der Waals surface area (Å²) in [4.78, 5) is 10.1. The van der Waals surface area contributed by atoms with Crippen molar-refractivity contribution in [3.05, 3.63) is 34.0 Å². The predicted octanol–water partition coefficient (Wildman–Crippen LogP) is 1.65. The molecule has 0 aliphatic heterocycles. The second-order valence-electron chi connectivity index (χ2n) is 4.09. The van der Waals surface area contributed by atoms with Crippen LogP contribution < -0.4 is 0 Å². The number of hydrogen-bond donors (Lipinski definition) is 3. The van der Waals surface area contributed by atoms with Crippen LogP contribution in [0.3, 0.4) is 0 Å². The molecule has 19 heavy (non-hydrogen) atoms. The summed E-state index contributed by atoms with van der Waals surface area (Å²) in [6, 6.07) is 4.17. The molecule has 1 aromatic heterocycles. The summed E-state index contributed by atoms with van der Waals surface area (Å²) in [6.07, 6.45) is -1.66. The number of nitro groups is 1. The van der Waals surface area contributed by atoms with Gasteiger partial charge in [0.05, 0.1) is 22.2 Å². The molecule has 1 aromatic carbocycles. The van der Waals surface area contributed by atoms with E-state index < -0.39 is 17.1 Å². The zero-order chi connectivity index (χ0) is 14.0. The van der Waals surface area contributed by atoms with E-state index in [0.717, 1.165) is 0 Å². The van der Waals surface area contributed by atoms with Crippen LogP contribution in [0.2, 0.25) is 0 Å². The van der Waals surface area contributed by atoms with Gasteiger partial charge in [-0.25, -0.2) is 0 Å². The molecule has 2 unspecified atom stereocenters. The molecule has 0 amide bonds. The summed E-state index contributed by atoms with van der Waals surface area (Å²) in [5.74, 6) is 0. The smallest absolute Gasteiger partial charge is 0.271 e. The van der Waals surface area contributed by atoms with Crippen LogP contribution in [0.15, 0.2) is 18.2 Å². The lowest BCUT2D eigenvalue weighted by molar-refractivity contribution is -0.384. The first kappa shape index (κ1) is 13.9. The van der Waals surface area contributed by atoms with Crippen molar-refractivity contribution in [2.45, 2.75) is 18.6 Å². The quantitative estimate of drug-likeness (QED) is 0.438. The van der Waals surface area contributed by atoms with Crippen molar-refractivity contribution >= 4 is 32.5 Å². The number of aromatic amines is 1. The van der Waals surface area contributed by atoms with Crippen molar-refractivity contribution in [1.29, 1.82) is 0 Å². The lowest BCUT2D eigenvalue weighted by Gasteiger charge is -2.15. The van der Waals surface area contributed by atoms with E-state index in [1.165, 1.54) is 18.2 Å². The Labute approximate surface area is 116 Å². The number of H-pyrrole nitrogens is 1. The SMILES string of the molecule is O=[N+]([O-])c1ccc2c(C(O)C(O)CCBr)[nH]nc2c1. The van der Waals surface area contributed by atoms with Crippen LogP contribution in [0.1, 0.15) is 18.2 Å². The third-order valence-corrected chi connectivity index (χ3v) is 3.30. The molecule has 102 valence electrons. The van der Waals surface area contributed by atoms with Crippen LogP contribution in [-0.4, -0.2) is 36.8 Å². The van der Waals surface area contributed by atoms with E-state index in [2.05, 4.69) is 26.1 Å². The van der Waals surface area contributed by atoms with Gasteiger partial charge in [-0.05, 0) is 12.5 Å². The maximum Gasteiger partial charge on any atom is 0.271 e. The molecule has 0 aliphatic carbocycles. The Hall–Kier alpha value is -1.51. The molecule has 0 saturated heterocycles. The van der Waals surface area contributed by atoms with E-state index in [0.29, 0.717) is 28.3 Å². The van der Waals surface area contributed by atoms with Gasteiger partial charge < -0.3 is 10.2 Å². The molecule has 0 radical (unpaired) electrons. The van der Waals surface area contributed by atoms with Gasteiger partial charge in [0.1, 0.15) is 6.10 Å². The number of aliphatic hydroxyl groups excluding tert-OH is 2. The minimum Gasteiger partial charge on any atom is -0.390 e. The number of rotatable bonds is 5. The third-order valence-electron chi connectivity index (χ3n) is 2.84. The first-order valence-electron chi connectivity index (χ1n) is 5.59. The second-order valence-corrected chi connectivity index (χ2v) is 4.88. The first-order chi connectivity index (χ1) is 9.04. The van der Waals surface area contributed by atoms with Gasteiger partial charge in [0.25, 0.3) is 5.69 Å². The highest BCUT2D eigenvalue weighted by Gasteiger charge is 2.22. The number of aliphatic hydroxyl groups is 2. The molecule has 0 fully saturated rings. The third kappa shape index (κ3) is 2.75. The molecule has 7 nitrogen and oxygen atoms in total. The Balaban J connectivity index is 2.38. The molecule has 1 heterocycles. The Morgan fingerprint density at radius 1 is 1.47 bits per heavy atom. The summed E-state index contributed by atoms with van der Waals surface area (Å²) < 4.78 is 0. The Morgan fingerprint density at radius 2 is 2.21 bits per heavy atom. The largest absolute Gasteiger partial charge is 0.390 e. The number of non-ortho nitro benzene ring substituents is 1. The number of fused-ring (bicyclic) bond motifs is 1. The van der Waals surface area contributed by atoms with Crippen molar-refractivity contribution in [3.63, 3.8) is 0 Å². The van der Waals surface area contributed by atoms with Gasteiger partial charge in [0, 0.05) is 22.8 Å². The summed E-state index contributed by atoms with van der Waals surface area (Å²) in [7, 11) is 0. The maximum absolute atomic E-state index is 10.7. The van der Waals surface area contributed by atoms with Crippen molar-refractivity contribution in [1.82, 2.24) is 10.2 Å². The van der Waals surface area contributed by atoms with Crippen LogP contribution in [0.25, 0.3) is 10.9 Å². The summed E-state index contributed by atoms with van der Waals surface area (Å²) in [5, 5.41) is 38.1. The number of nitro benzene ring substituents is 1. The lowest BCUT2D eigenvalue weighted by atomic mass is 10.0. The highest BCUT2D eigenvalue weighted by molar-refractivity contribution is 9.09. The van der Waals surface area contributed by atoms with Crippen LogP contribution >= 0.6 is 15.9 Å². The molecular formula is C11H12BrN3O4. The van der Waals surface area contributed by atoms with Crippen molar-refractivity contribution in [2.24, 2.45) is 0 Å². The number of halogens is 1. The molecule has 0 bridgehead atoms. The van der Waals surface area contributed by atoms with E-state index >= 15 is 0 Å². The number of nitrogens with one attached hydrogen (secondary N) is 1. The van der Waals surface area contributed by atoms with Crippen molar-refractivity contribution in [2.75, 3.05) is 5.33 Å². The zero-order valence-electron chi connectivity index (χ0n) is 9.78. The van der Waals surface area contributed by atoms with E-state index in [-0.39, 0.29) is 5.69 Å². The van der Waals surface area contributed by atoms with Crippen molar-refractivity contribution in [3.8, 4) is 0 Å². The number of benzene rings is 1. The van der Waals surface area contributed by atoms with Gasteiger partial charge in [-0.3, -0.25) is 15.2 Å². The van der Waals surface area contributed by atoms with Crippen LogP contribution in [0, 0.1) is 10.1 Å². The van der Waals surface area contributed by atoms with Gasteiger partial charge >= 0.3 is 0 Å². The van der Waals surface area contributed by atoms with Crippen LogP contribution in [0.4, 0.5) is 5.69 Å². The van der Waals surface area contributed by atoms with E-state index in [1.54, 1.807) is 0 Å². The molecule has 0 aliphatic rings. The Bertz CT molecular complexity index is 601. The highest BCUT2D eigenvalue weighted by Crippen LogP contribution is 2.27. The maximum atomic E-state index is 10.7. The van der Waals surface area contributed by atoms with Gasteiger partial charge in [-0.1, -0.05) is 15.9 Å². The molecule has 8 heteroatoms. The fourth-order valence-electron chi connectivity index (χ4n) is 1.82. The van der Waals surface area contributed by atoms with Crippen LogP contribution in [0.5, 0.6) is 0 Å². The van der Waals surface area contributed by atoms with Crippen molar-refractivity contribution < 1.29 is 15.1 Å². The minimum absolute atomic E-state index is 0.0685.